The molecule has 0 spiro atoms. The van der Waals surface area contributed by atoms with Gasteiger partial charge in [-0.05, 0) is 37.1 Å². The van der Waals surface area contributed by atoms with Gasteiger partial charge in [0, 0.05) is 23.9 Å². The highest BCUT2D eigenvalue weighted by Crippen LogP contribution is 2.22. The molecule has 0 fully saturated rings. The molecular weight excluding hydrogens is 332 g/mol. The number of carbonyl (C=O) groups is 1. The van der Waals surface area contributed by atoms with Gasteiger partial charge < -0.3 is 11.1 Å². The fourth-order valence-electron chi connectivity index (χ4n) is 2.26. The minimum absolute atomic E-state index is 0.0588. The molecule has 1 heterocycles. The summed E-state index contributed by atoms with van der Waals surface area (Å²) in [6.45, 7) is 0.687. The van der Waals surface area contributed by atoms with Gasteiger partial charge in [0.1, 0.15) is 0 Å². The number of thiazole rings is 1. The lowest BCUT2D eigenvalue weighted by Crippen LogP contribution is -2.10. The second-order valence-corrected chi connectivity index (χ2v) is 6.67. The zero-order valence-corrected chi connectivity index (χ0v) is 14.2. The molecule has 4 nitrogen and oxygen atoms in total. The number of nitrogens with one attached hydrogen (secondary N) is 1. The van der Waals surface area contributed by atoms with Crippen LogP contribution in [-0.2, 0) is 11.2 Å². The summed E-state index contributed by atoms with van der Waals surface area (Å²) in [4.78, 5) is 16.9. The van der Waals surface area contributed by atoms with Crippen molar-refractivity contribution in [1.82, 2.24) is 4.98 Å². The summed E-state index contributed by atoms with van der Waals surface area (Å²) in [6, 6.07) is 3.82. The Hall–Kier alpha value is -1.86. The standard InChI is InChI=1S/C17H21F2N3OS/c18-14-7-6-12(10-15(14)19)9-13-11-21-17(24-13)22-16(23)5-3-1-2-4-8-20/h6-7,10-11H,1-5,8-9,20H2,(H,21,22,23). The third-order valence-electron chi connectivity index (χ3n) is 3.52. The van der Waals surface area contributed by atoms with E-state index >= 15 is 0 Å². The van der Waals surface area contributed by atoms with Crippen LogP contribution in [0.25, 0.3) is 0 Å². The molecule has 2 aromatic rings. The molecule has 0 aliphatic carbocycles. The van der Waals surface area contributed by atoms with Gasteiger partial charge in [-0.15, -0.1) is 11.3 Å². The molecule has 0 aliphatic heterocycles. The summed E-state index contributed by atoms with van der Waals surface area (Å²) in [5.74, 6) is -1.78. The first-order valence-corrected chi connectivity index (χ1v) is 8.78. The summed E-state index contributed by atoms with van der Waals surface area (Å²) in [7, 11) is 0. The number of aromatic nitrogens is 1. The maximum Gasteiger partial charge on any atom is 0.226 e. The molecule has 0 saturated heterocycles. The van der Waals surface area contributed by atoms with Gasteiger partial charge in [0.05, 0.1) is 0 Å². The molecule has 1 aromatic heterocycles. The van der Waals surface area contributed by atoms with Crippen molar-refractivity contribution < 1.29 is 13.6 Å². The quantitative estimate of drug-likeness (QED) is 0.673. The first-order chi connectivity index (χ1) is 11.6. The van der Waals surface area contributed by atoms with Crippen LogP contribution in [0.15, 0.2) is 24.4 Å². The Balaban J connectivity index is 1.80. The molecule has 1 aromatic carbocycles. The molecule has 24 heavy (non-hydrogen) atoms. The number of hydrogen-bond donors (Lipinski definition) is 2. The van der Waals surface area contributed by atoms with Gasteiger partial charge in [0.25, 0.3) is 0 Å². The first-order valence-electron chi connectivity index (χ1n) is 7.97. The highest BCUT2D eigenvalue weighted by molar-refractivity contribution is 7.15. The Bertz CT molecular complexity index is 676. The molecule has 130 valence electrons. The summed E-state index contributed by atoms with van der Waals surface area (Å²) in [5.41, 5.74) is 6.08. The van der Waals surface area contributed by atoms with E-state index in [1.54, 1.807) is 6.20 Å². The number of hydrogen-bond acceptors (Lipinski definition) is 4. The zero-order chi connectivity index (χ0) is 17.4. The Labute approximate surface area is 144 Å². The van der Waals surface area contributed by atoms with Crippen molar-refractivity contribution in [2.75, 3.05) is 11.9 Å². The fraction of sp³-hybridized carbons (Fsp3) is 0.412. The lowest BCUT2D eigenvalue weighted by Gasteiger charge is -2.02. The number of carbonyl (C=O) groups excluding carboxylic acids is 1. The van der Waals surface area contributed by atoms with Crippen LogP contribution in [0.1, 0.15) is 42.5 Å². The van der Waals surface area contributed by atoms with Gasteiger partial charge in [-0.2, -0.15) is 0 Å². The highest BCUT2D eigenvalue weighted by atomic mass is 32.1. The van der Waals surface area contributed by atoms with Gasteiger partial charge in [0.15, 0.2) is 16.8 Å². The number of halogens is 2. The third kappa shape index (κ3) is 5.98. The Morgan fingerprint density at radius 1 is 1.17 bits per heavy atom. The monoisotopic (exact) mass is 353 g/mol. The lowest BCUT2D eigenvalue weighted by molar-refractivity contribution is -0.116. The number of unbranched alkanes of at least 4 members (excludes halogenated alkanes) is 3. The van der Waals surface area contributed by atoms with Gasteiger partial charge in [0.2, 0.25) is 5.91 Å². The Morgan fingerprint density at radius 3 is 2.71 bits per heavy atom. The van der Waals surface area contributed by atoms with Crippen LogP contribution in [0.5, 0.6) is 0 Å². The van der Waals surface area contributed by atoms with Crippen LogP contribution in [-0.4, -0.2) is 17.4 Å². The van der Waals surface area contributed by atoms with Crippen molar-refractivity contribution in [3.63, 3.8) is 0 Å². The van der Waals surface area contributed by atoms with Crippen molar-refractivity contribution in [1.29, 1.82) is 0 Å². The highest BCUT2D eigenvalue weighted by Gasteiger charge is 2.09. The van der Waals surface area contributed by atoms with Crippen LogP contribution in [0.2, 0.25) is 0 Å². The van der Waals surface area contributed by atoms with E-state index in [4.69, 9.17) is 5.73 Å². The minimum atomic E-state index is -0.861. The van der Waals surface area contributed by atoms with Crippen molar-refractivity contribution in [3.05, 3.63) is 46.5 Å². The van der Waals surface area contributed by atoms with E-state index < -0.39 is 11.6 Å². The number of amides is 1. The molecule has 7 heteroatoms. The largest absolute Gasteiger partial charge is 0.330 e. The average molecular weight is 353 g/mol. The fourth-order valence-corrected chi connectivity index (χ4v) is 3.13. The van der Waals surface area contributed by atoms with E-state index in [1.807, 2.05) is 0 Å². The van der Waals surface area contributed by atoms with E-state index in [0.717, 1.165) is 36.6 Å². The topological polar surface area (TPSA) is 68.0 Å². The average Bonchev–Trinajstić information content (AvgIpc) is 2.97. The van der Waals surface area contributed by atoms with Crippen molar-refractivity contribution in [2.24, 2.45) is 5.73 Å². The molecule has 3 N–H and O–H groups in total. The second kappa shape index (κ2) is 9.44. The minimum Gasteiger partial charge on any atom is -0.330 e. The summed E-state index contributed by atoms with van der Waals surface area (Å²) in [6.07, 6.45) is 6.40. The van der Waals surface area contributed by atoms with E-state index in [-0.39, 0.29) is 5.91 Å². The summed E-state index contributed by atoms with van der Waals surface area (Å²) in [5, 5.41) is 3.30. The predicted molar refractivity (Wildman–Crippen MR) is 92.0 cm³/mol. The molecule has 1 amide bonds. The zero-order valence-electron chi connectivity index (χ0n) is 13.4. The van der Waals surface area contributed by atoms with Crippen molar-refractivity contribution in [2.45, 2.75) is 38.5 Å². The number of anilines is 1. The molecule has 0 saturated carbocycles. The molecule has 0 unspecified atom stereocenters. The van der Waals surface area contributed by atoms with E-state index in [1.165, 1.54) is 23.5 Å². The molecule has 0 aliphatic rings. The van der Waals surface area contributed by atoms with E-state index in [9.17, 15) is 13.6 Å². The van der Waals surface area contributed by atoms with Gasteiger partial charge in [-0.3, -0.25) is 4.79 Å². The normalized spacial score (nSPS) is 10.8. The summed E-state index contributed by atoms with van der Waals surface area (Å²) >= 11 is 1.34. The van der Waals surface area contributed by atoms with Crippen LogP contribution < -0.4 is 11.1 Å². The van der Waals surface area contributed by atoms with E-state index in [2.05, 4.69) is 10.3 Å². The third-order valence-corrected chi connectivity index (χ3v) is 4.43. The smallest absolute Gasteiger partial charge is 0.226 e. The number of nitrogens with two attached hydrogens (primary N) is 1. The molecule has 0 radical (unpaired) electrons. The van der Waals surface area contributed by atoms with Gasteiger partial charge in [-0.25, -0.2) is 13.8 Å². The van der Waals surface area contributed by atoms with Gasteiger partial charge in [-0.1, -0.05) is 18.9 Å². The van der Waals surface area contributed by atoms with Crippen LogP contribution in [0, 0.1) is 11.6 Å². The maximum atomic E-state index is 13.2. The molecule has 0 bridgehead atoms. The Morgan fingerprint density at radius 2 is 1.96 bits per heavy atom. The Kier molecular flexibility index (Phi) is 7.27. The first kappa shape index (κ1) is 18.5. The molecular formula is C17H21F2N3OS. The number of rotatable bonds is 9. The lowest BCUT2D eigenvalue weighted by atomic mass is 10.1. The van der Waals surface area contributed by atoms with Crippen LogP contribution >= 0.6 is 11.3 Å². The van der Waals surface area contributed by atoms with Gasteiger partial charge >= 0.3 is 0 Å². The number of benzene rings is 1. The van der Waals surface area contributed by atoms with Crippen LogP contribution in [0.3, 0.4) is 0 Å². The van der Waals surface area contributed by atoms with E-state index in [0.29, 0.717) is 30.1 Å². The molecule has 0 atom stereocenters. The predicted octanol–water partition coefficient (Wildman–Crippen LogP) is 3.86. The molecule has 2 rings (SSSR count). The SMILES string of the molecule is NCCCCCCC(=O)Nc1ncc(Cc2ccc(F)c(F)c2)s1. The van der Waals surface area contributed by atoms with Crippen molar-refractivity contribution in [3.8, 4) is 0 Å². The summed E-state index contributed by atoms with van der Waals surface area (Å²) < 4.78 is 26.1. The number of nitrogens with zero attached hydrogens (tertiary/aromatic N) is 1. The maximum absolute atomic E-state index is 13.2. The van der Waals surface area contributed by atoms with Crippen LogP contribution in [0.4, 0.5) is 13.9 Å². The van der Waals surface area contributed by atoms with Crippen molar-refractivity contribution >= 4 is 22.4 Å². The second-order valence-electron chi connectivity index (χ2n) is 5.56.